The van der Waals surface area contributed by atoms with Crippen molar-refractivity contribution in [3.63, 3.8) is 0 Å². The van der Waals surface area contributed by atoms with Gasteiger partial charge in [-0.05, 0) is 0 Å². The molecule has 4 heteroatoms. The molecule has 0 aromatic carbocycles. The van der Waals surface area contributed by atoms with E-state index in [1.807, 2.05) is 0 Å². The molecule has 0 aliphatic carbocycles. The quantitative estimate of drug-likeness (QED) is 0.336. The fourth-order valence-corrected chi connectivity index (χ4v) is 0. The van der Waals surface area contributed by atoms with Crippen LogP contribution in [0.1, 0.15) is 0 Å². The maximum atomic E-state index is 0. The summed E-state index contributed by atoms with van der Waals surface area (Å²) in [5.41, 5.74) is 0. The van der Waals surface area contributed by atoms with E-state index in [2.05, 4.69) is 0 Å². The van der Waals surface area contributed by atoms with Gasteiger partial charge in [-0.25, -0.2) is 0 Å². The van der Waals surface area contributed by atoms with E-state index in [-0.39, 0.29) is 80.1 Å². The van der Waals surface area contributed by atoms with Crippen molar-refractivity contribution >= 4 is 55.1 Å². The van der Waals surface area contributed by atoms with Gasteiger partial charge < -0.3 is 5.48 Å². The Morgan fingerprint density at radius 1 is 1.00 bits per heavy atom. The first kappa shape index (κ1) is 32.6. The zero-order chi connectivity index (χ0) is 0. The molecule has 0 aliphatic rings. The molecule has 0 spiro atoms. The standard InChI is InChI=1S/Al.Ca.H2O.Zn.5H/h;;1H2;;;;;;. The normalized spacial score (nSPS) is 0. The fourth-order valence-electron chi connectivity index (χ4n) is 0. The summed E-state index contributed by atoms with van der Waals surface area (Å²) in [7, 11) is 0. The van der Waals surface area contributed by atoms with Crippen molar-refractivity contribution in [1.82, 2.24) is 0 Å². The SMILES string of the molecule is O.[AlH3].[CaH2].[Zn]. The van der Waals surface area contributed by atoms with Gasteiger partial charge in [-0.1, -0.05) is 0 Å². The van der Waals surface area contributed by atoms with E-state index in [9.17, 15) is 0 Å². The summed E-state index contributed by atoms with van der Waals surface area (Å²) >= 11 is 0. The second-order valence-corrected chi connectivity index (χ2v) is 0. The first-order valence-electron chi connectivity index (χ1n) is 0. The van der Waals surface area contributed by atoms with E-state index in [1.165, 1.54) is 0 Å². The molecule has 0 saturated carbocycles. The monoisotopic (exact) mass is 154 g/mol. The summed E-state index contributed by atoms with van der Waals surface area (Å²) < 4.78 is 0. The molecule has 2 N–H and O–H groups in total. The molecular formula is H7AlCaOZn. The summed E-state index contributed by atoms with van der Waals surface area (Å²) in [6, 6.07) is 0. The Labute approximate surface area is 78.7 Å². The van der Waals surface area contributed by atoms with Crippen LogP contribution in [0.25, 0.3) is 0 Å². The van der Waals surface area contributed by atoms with Gasteiger partial charge in [-0.3, -0.25) is 0 Å². The molecule has 0 unspecified atom stereocenters. The van der Waals surface area contributed by atoms with Crippen LogP contribution in [0.2, 0.25) is 0 Å². The maximum absolute atomic E-state index is 0. The van der Waals surface area contributed by atoms with Crippen LogP contribution in [0.15, 0.2) is 0 Å². The molecule has 4 heavy (non-hydrogen) atoms. The Balaban J connectivity index is 0. The summed E-state index contributed by atoms with van der Waals surface area (Å²) in [5, 5.41) is 0. The summed E-state index contributed by atoms with van der Waals surface area (Å²) in [4.78, 5) is 0. The van der Waals surface area contributed by atoms with Crippen LogP contribution in [0, 0.1) is 0 Å². The van der Waals surface area contributed by atoms with Crippen LogP contribution in [0.5, 0.6) is 0 Å². The third-order valence-corrected chi connectivity index (χ3v) is 0. The number of hydrogen-bond acceptors (Lipinski definition) is 0. The zero-order valence-corrected chi connectivity index (χ0v) is 4.17. The topological polar surface area (TPSA) is 31.5 Å². The molecule has 0 rings (SSSR count). The average Bonchev–Trinajstić information content (AvgIpc) is 0. The molecule has 0 atom stereocenters. The van der Waals surface area contributed by atoms with Crippen LogP contribution in [-0.4, -0.2) is 60.6 Å². The van der Waals surface area contributed by atoms with Gasteiger partial charge in [0.2, 0.25) is 0 Å². The number of rotatable bonds is 0. The van der Waals surface area contributed by atoms with E-state index in [0.29, 0.717) is 0 Å². The van der Waals surface area contributed by atoms with E-state index in [0.717, 1.165) is 0 Å². The second kappa shape index (κ2) is 18.2. The fraction of sp³-hybridized carbons (Fsp3) is 0. The second-order valence-electron chi connectivity index (χ2n) is 0. The van der Waals surface area contributed by atoms with Gasteiger partial charge in [0.1, 0.15) is 0 Å². The Hall–Kier alpha value is 2.38. The van der Waals surface area contributed by atoms with Crippen molar-refractivity contribution < 1.29 is 25.0 Å². The van der Waals surface area contributed by atoms with Crippen molar-refractivity contribution in [2.24, 2.45) is 0 Å². The molecule has 0 radical (unpaired) electrons. The van der Waals surface area contributed by atoms with Crippen LogP contribution >= 0.6 is 0 Å². The third kappa shape index (κ3) is 8.83. The molecular weight excluding hydrogens is 148 g/mol. The van der Waals surface area contributed by atoms with Crippen molar-refractivity contribution in [2.45, 2.75) is 0 Å². The van der Waals surface area contributed by atoms with E-state index < -0.39 is 0 Å². The predicted octanol–water partition coefficient (Wildman–Crippen LogP) is -2.93. The largest absolute Gasteiger partial charge is 0 e. The number of hydrogen-bond donors (Lipinski definition) is 0. The van der Waals surface area contributed by atoms with Gasteiger partial charge >= 0.3 is 37.7 Å². The minimum absolute atomic E-state index is 0. The minimum atomic E-state index is 0. The van der Waals surface area contributed by atoms with Gasteiger partial charge in [0.05, 0.1) is 0 Å². The first-order chi connectivity index (χ1) is 0. The van der Waals surface area contributed by atoms with Crippen molar-refractivity contribution in [3.05, 3.63) is 0 Å². The molecule has 0 heterocycles. The molecule has 1 nitrogen and oxygen atoms in total. The van der Waals surface area contributed by atoms with Crippen molar-refractivity contribution in [3.8, 4) is 0 Å². The van der Waals surface area contributed by atoms with Crippen LogP contribution in [-0.2, 0) is 19.5 Å². The predicted molar refractivity (Wildman–Crippen MR) is 22.1 cm³/mol. The average molecular weight is 156 g/mol. The van der Waals surface area contributed by atoms with E-state index in [4.69, 9.17) is 0 Å². The van der Waals surface area contributed by atoms with E-state index in [1.54, 1.807) is 0 Å². The summed E-state index contributed by atoms with van der Waals surface area (Å²) in [6.07, 6.45) is 0. The molecule has 20 valence electrons. The Bertz CT molecular complexity index is 8.00. The molecule has 0 aromatic heterocycles. The van der Waals surface area contributed by atoms with E-state index >= 15 is 0 Å². The molecule has 0 amide bonds. The first-order valence-corrected chi connectivity index (χ1v) is 0. The van der Waals surface area contributed by atoms with Crippen molar-refractivity contribution in [2.75, 3.05) is 0 Å². The Morgan fingerprint density at radius 3 is 1.00 bits per heavy atom. The molecule has 0 aromatic rings. The Kier molecular flexibility index (Phi) is 149. The zero-order valence-electron chi connectivity index (χ0n) is 1.21. The van der Waals surface area contributed by atoms with Gasteiger partial charge in [-0.15, -0.1) is 0 Å². The van der Waals surface area contributed by atoms with Gasteiger partial charge in [0.15, 0.2) is 17.4 Å². The molecule has 0 bridgehead atoms. The smallest absolute Gasteiger partial charge is 0 e. The molecule has 0 aliphatic heterocycles. The summed E-state index contributed by atoms with van der Waals surface area (Å²) in [5.74, 6) is 0. The molecule has 0 saturated heterocycles. The summed E-state index contributed by atoms with van der Waals surface area (Å²) in [6.45, 7) is 0. The van der Waals surface area contributed by atoms with Crippen molar-refractivity contribution in [1.29, 1.82) is 0 Å². The minimum Gasteiger partial charge on any atom is 0 e. The maximum Gasteiger partial charge on any atom is 0 e. The third-order valence-electron chi connectivity index (χ3n) is 0. The van der Waals surface area contributed by atoms with Gasteiger partial charge in [0.25, 0.3) is 0 Å². The Morgan fingerprint density at radius 2 is 1.00 bits per heavy atom. The van der Waals surface area contributed by atoms with Gasteiger partial charge in [0, 0.05) is 19.5 Å². The molecule has 0 fully saturated rings. The van der Waals surface area contributed by atoms with Crippen LogP contribution in [0.3, 0.4) is 0 Å². The van der Waals surface area contributed by atoms with Crippen LogP contribution < -0.4 is 0 Å². The van der Waals surface area contributed by atoms with Gasteiger partial charge in [-0.2, -0.15) is 0 Å². The van der Waals surface area contributed by atoms with Crippen LogP contribution in [0.4, 0.5) is 0 Å².